The van der Waals surface area contributed by atoms with Gasteiger partial charge in [-0.2, -0.15) is 0 Å². The molecule has 1 aliphatic heterocycles. The Morgan fingerprint density at radius 1 is 1.90 bits per heavy atom. The van der Waals surface area contributed by atoms with Gasteiger partial charge in [0.1, 0.15) is 12.2 Å². The molecule has 0 saturated heterocycles. The summed E-state index contributed by atoms with van der Waals surface area (Å²) in [6.07, 6.45) is 1.11. The molecule has 0 aromatic rings. The van der Waals surface area contributed by atoms with Gasteiger partial charge in [0.25, 0.3) is 0 Å². The van der Waals surface area contributed by atoms with E-state index in [1.807, 2.05) is 0 Å². The molecule has 10 heavy (non-hydrogen) atoms. The number of rotatable bonds is 2. The SMILES string of the molecule is [B]C1=CC(OC)[C@@H](CO)O1. The van der Waals surface area contributed by atoms with Crippen LogP contribution in [0.3, 0.4) is 0 Å². The summed E-state index contributed by atoms with van der Waals surface area (Å²) in [6.45, 7) is -0.0737. The second-order valence-corrected chi connectivity index (χ2v) is 2.11. The average Bonchev–Trinajstić information content (AvgIpc) is 2.30. The molecule has 2 atom stereocenters. The van der Waals surface area contributed by atoms with Crippen LogP contribution >= 0.6 is 0 Å². The van der Waals surface area contributed by atoms with E-state index in [1.165, 1.54) is 0 Å². The number of hydrogen-bond acceptors (Lipinski definition) is 3. The first-order chi connectivity index (χ1) is 4.77. The molecule has 4 heteroatoms. The predicted molar refractivity (Wildman–Crippen MR) is 36.6 cm³/mol. The molecule has 0 bridgehead atoms. The van der Waals surface area contributed by atoms with Crippen molar-refractivity contribution in [2.24, 2.45) is 0 Å². The average molecular weight is 140 g/mol. The minimum Gasteiger partial charge on any atom is -0.501 e. The Balaban J connectivity index is 2.52. The maximum Gasteiger partial charge on any atom is 0.166 e. The Bertz CT molecular complexity index is 146. The van der Waals surface area contributed by atoms with Gasteiger partial charge in [0.2, 0.25) is 0 Å². The maximum atomic E-state index is 8.69. The number of hydrogen-bond donors (Lipinski definition) is 1. The molecule has 0 saturated carbocycles. The molecule has 0 amide bonds. The van der Waals surface area contributed by atoms with Crippen molar-refractivity contribution in [1.82, 2.24) is 0 Å². The maximum absolute atomic E-state index is 8.69. The van der Waals surface area contributed by atoms with Gasteiger partial charge in [0, 0.05) is 12.8 Å². The zero-order chi connectivity index (χ0) is 7.56. The first-order valence-electron chi connectivity index (χ1n) is 3.05. The zero-order valence-corrected chi connectivity index (χ0v) is 5.78. The third-order valence-electron chi connectivity index (χ3n) is 1.43. The Kier molecular flexibility index (Phi) is 2.35. The topological polar surface area (TPSA) is 38.7 Å². The van der Waals surface area contributed by atoms with Crippen molar-refractivity contribution in [1.29, 1.82) is 0 Å². The molecule has 0 aliphatic carbocycles. The van der Waals surface area contributed by atoms with Gasteiger partial charge in [0.15, 0.2) is 7.85 Å². The molecule has 0 spiro atoms. The molecule has 2 radical (unpaired) electrons. The van der Waals surface area contributed by atoms with E-state index in [4.69, 9.17) is 22.4 Å². The Labute approximate surface area is 61.0 Å². The van der Waals surface area contributed by atoms with Crippen LogP contribution < -0.4 is 0 Å². The van der Waals surface area contributed by atoms with Gasteiger partial charge < -0.3 is 14.6 Å². The van der Waals surface area contributed by atoms with Crippen molar-refractivity contribution in [3.8, 4) is 0 Å². The Morgan fingerprint density at radius 2 is 2.60 bits per heavy atom. The van der Waals surface area contributed by atoms with Crippen LogP contribution in [0.15, 0.2) is 11.7 Å². The fourth-order valence-corrected chi connectivity index (χ4v) is 0.911. The molecular weight excluding hydrogens is 131 g/mol. The summed E-state index contributed by atoms with van der Waals surface area (Å²) in [4.78, 5) is 0. The third-order valence-corrected chi connectivity index (χ3v) is 1.43. The highest BCUT2D eigenvalue weighted by Crippen LogP contribution is 2.16. The number of aliphatic hydroxyl groups is 1. The van der Waals surface area contributed by atoms with Gasteiger partial charge in [-0.15, -0.1) is 0 Å². The fourth-order valence-electron chi connectivity index (χ4n) is 0.911. The first kappa shape index (κ1) is 7.63. The van der Waals surface area contributed by atoms with Gasteiger partial charge in [0.05, 0.1) is 6.61 Å². The van der Waals surface area contributed by atoms with E-state index in [0.717, 1.165) is 0 Å². The second kappa shape index (κ2) is 3.08. The van der Waals surface area contributed by atoms with E-state index in [1.54, 1.807) is 13.2 Å². The van der Waals surface area contributed by atoms with Crippen LogP contribution in [-0.4, -0.2) is 38.9 Å². The highest BCUT2D eigenvalue weighted by molar-refractivity contribution is 6.20. The van der Waals surface area contributed by atoms with Crippen LogP contribution in [0.5, 0.6) is 0 Å². The lowest BCUT2D eigenvalue weighted by Crippen LogP contribution is -2.27. The standard InChI is InChI=1S/C6H9BO3/c1-9-4-2-6(7)10-5(4)3-8/h2,4-5,8H,3H2,1H3/t4?,5-/m1/s1. The summed E-state index contributed by atoms with van der Waals surface area (Å²) in [5, 5.41) is 8.69. The summed E-state index contributed by atoms with van der Waals surface area (Å²) in [6, 6.07) is 0. The van der Waals surface area contributed by atoms with E-state index in [-0.39, 0.29) is 18.8 Å². The first-order valence-corrected chi connectivity index (χ1v) is 3.05. The fraction of sp³-hybridized carbons (Fsp3) is 0.667. The van der Waals surface area contributed by atoms with Gasteiger partial charge >= 0.3 is 0 Å². The van der Waals surface area contributed by atoms with Crippen LogP contribution in [-0.2, 0) is 9.47 Å². The lowest BCUT2D eigenvalue weighted by Gasteiger charge is -2.14. The van der Waals surface area contributed by atoms with E-state index < -0.39 is 0 Å². The monoisotopic (exact) mass is 140 g/mol. The van der Waals surface area contributed by atoms with Crippen LogP contribution in [0, 0.1) is 0 Å². The summed E-state index contributed by atoms with van der Waals surface area (Å²) < 4.78 is 9.92. The molecule has 1 unspecified atom stereocenters. The van der Waals surface area contributed by atoms with Gasteiger partial charge in [-0.25, -0.2) is 0 Å². The van der Waals surface area contributed by atoms with E-state index >= 15 is 0 Å². The molecule has 54 valence electrons. The van der Waals surface area contributed by atoms with Gasteiger partial charge in [-0.05, 0) is 6.08 Å². The van der Waals surface area contributed by atoms with Crippen LogP contribution in [0.4, 0.5) is 0 Å². The zero-order valence-electron chi connectivity index (χ0n) is 5.78. The van der Waals surface area contributed by atoms with Crippen molar-refractivity contribution in [2.75, 3.05) is 13.7 Å². The van der Waals surface area contributed by atoms with Crippen LogP contribution in [0.1, 0.15) is 0 Å². The normalized spacial score (nSPS) is 31.6. The third kappa shape index (κ3) is 1.33. The predicted octanol–water partition coefficient (Wildman–Crippen LogP) is -0.598. The highest BCUT2D eigenvalue weighted by Gasteiger charge is 2.25. The second-order valence-electron chi connectivity index (χ2n) is 2.11. The number of aliphatic hydroxyl groups excluding tert-OH is 1. The van der Waals surface area contributed by atoms with E-state index in [2.05, 4.69) is 0 Å². The lowest BCUT2D eigenvalue weighted by atomic mass is 10.1. The summed E-state index contributed by atoms with van der Waals surface area (Å²) >= 11 is 0. The summed E-state index contributed by atoms with van der Waals surface area (Å²) in [5.41, 5.74) is 0.325. The molecule has 1 rings (SSSR count). The Morgan fingerprint density at radius 3 is 3.00 bits per heavy atom. The van der Waals surface area contributed by atoms with E-state index in [0.29, 0.717) is 5.66 Å². The molecule has 3 nitrogen and oxygen atoms in total. The molecule has 1 aliphatic rings. The van der Waals surface area contributed by atoms with Gasteiger partial charge in [-0.1, -0.05) is 0 Å². The van der Waals surface area contributed by atoms with Crippen molar-refractivity contribution in [3.05, 3.63) is 11.7 Å². The van der Waals surface area contributed by atoms with E-state index in [9.17, 15) is 0 Å². The van der Waals surface area contributed by atoms with Crippen molar-refractivity contribution >= 4 is 7.85 Å². The largest absolute Gasteiger partial charge is 0.501 e. The molecule has 1 heterocycles. The smallest absolute Gasteiger partial charge is 0.166 e. The van der Waals surface area contributed by atoms with Crippen LogP contribution in [0.25, 0.3) is 0 Å². The highest BCUT2D eigenvalue weighted by atomic mass is 16.6. The molecule has 0 fully saturated rings. The van der Waals surface area contributed by atoms with Crippen LogP contribution in [0.2, 0.25) is 0 Å². The number of methoxy groups -OCH3 is 1. The summed E-state index contributed by atoms with van der Waals surface area (Å²) in [7, 11) is 6.86. The lowest BCUT2D eigenvalue weighted by molar-refractivity contribution is -0.00292. The summed E-state index contributed by atoms with van der Waals surface area (Å²) in [5.74, 6) is 0. The number of ether oxygens (including phenoxy) is 2. The molecule has 1 N–H and O–H groups in total. The molecule has 0 aromatic carbocycles. The Hall–Kier alpha value is -0.475. The molecular formula is C6H9BO3. The van der Waals surface area contributed by atoms with Crippen molar-refractivity contribution in [2.45, 2.75) is 12.2 Å². The van der Waals surface area contributed by atoms with Gasteiger partial charge in [-0.3, -0.25) is 0 Å². The minimum absolute atomic E-state index is 0.0737. The van der Waals surface area contributed by atoms with Crippen molar-refractivity contribution < 1.29 is 14.6 Å². The quantitative estimate of drug-likeness (QED) is 0.520. The minimum atomic E-state index is -0.329. The van der Waals surface area contributed by atoms with Crippen molar-refractivity contribution in [3.63, 3.8) is 0 Å². The molecule has 0 aromatic heterocycles.